The highest BCUT2D eigenvalue weighted by Gasteiger charge is 2.08. The van der Waals surface area contributed by atoms with Gasteiger partial charge >= 0.3 is 0 Å². The maximum Gasteiger partial charge on any atom is 0.221 e. The maximum absolute atomic E-state index is 11.5. The molecular formula is C14H18N4O. The average Bonchev–Trinajstić information content (AvgIpc) is 2.93. The average molecular weight is 258 g/mol. The molecule has 100 valence electrons. The van der Waals surface area contributed by atoms with Crippen molar-refractivity contribution in [2.75, 3.05) is 6.54 Å². The molecule has 1 heterocycles. The Morgan fingerprint density at radius 2 is 2.16 bits per heavy atom. The molecule has 3 N–H and O–H groups in total. The molecule has 5 heteroatoms. The largest absolute Gasteiger partial charge is 0.350 e. The summed E-state index contributed by atoms with van der Waals surface area (Å²) >= 11 is 0. The van der Waals surface area contributed by atoms with Crippen molar-refractivity contribution in [3.05, 3.63) is 48.3 Å². The molecule has 0 spiro atoms. The summed E-state index contributed by atoms with van der Waals surface area (Å²) in [4.78, 5) is 11.5. The molecule has 0 aliphatic carbocycles. The number of rotatable bonds is 5. The summed E-state index contributed by atoms with van der Waals surface area (Å²) in [5.74, 6) is -0.0221. The molecule has 1 atom stereocenters. The molecule has 5 nitrogen and oxygen atoms in total. The van der Waals surface area contributed by atoms with Gasteiger partial charge in [-0.1, -0.05) is 12.1 Å². The summed E-state index contributed by atoms with van der Waals surface area (Å²) in [6, 6.07) is 9.80. The highest BCUT2D eigenvalue weighted by molar-refractivity contribution is 5.76. The van der Waals surface area contributed by atoms with Crippen LogP contribution in [0.2, 0.25) is 0 Å². The number of nitrogens with two attached hydrogens (primary N) is 1. The van der Waals surface area contributed by atoms with Crippen LogP contribution in [0, 0.1) is 0 Å². The lowest BCUT2D eigenvalue weighted by Gasteiger charge is -2.14. The molecule has 1 unspecified atom stereocenters. The van der Waals surface area contributed by atoms with Gasteiger partial charge in [-0.3, -0.25) is 4.79 Å². The first-order valence-corrected chi connectivity index (χ1v) is 6.30. The van der Waals surface area contributed by atoms with Gasteiger partial charge in [0.25, 0.3) is 0 Å². The molecular weight excluding hydrogens is 240 g/mol. The Hall–Kier alpha value is -2.14. The second-order valence-corrected chi connectivity index (χ2v) is 4.37. The lowest BCUT2D eigenvalue weighted by molar-refractivity contribution is -0.121. The second-order valence-electron chi connectivity index (χ2n) is 4.37. The Morgan fingerprint density at radius 1 is 1.42 bits per heavy atom. The Bertz CT molecular complexity index is 519. The van der Waals surface area contributed by atoms with Crippen molar-refractivity contribution in [2.45, 2.75) is 19.4 Å². The molecule has 0 saturated carbocycles. The lowest BCUT2D eigenvalue weighted by Crippen LogP contribution is -2.28. The van der Waals surface area contributed by atoms with E-state index in [2.05, 4.69) is 10.4 Å². The molecule has 0 bridgehead atoms. The highest BCUT2D eigenvalue weighted by Crippen LogP contribution is 2.15. The molecule has 19 heavy (non-hydrogen) atoms. The van der Waals surface area contributed by atoms with Crippen molar-refractivity contribution < 1.29 is 4.79 Å². The smallest absolute Gasteiger partial charge is 0.221 e. The number of amides is 1. The number of hydrogen-bond acceptors (Lipinski definition) is 3. The van der Waals surface area contributed by atoms with Crippen molar-refractivity contribution >= 4 is 5.91 Å². The zero-order chi connectivity index (χ0) is 13.7. The van der Waals surface area contributed by atoms with Gasteiger partial charge in [0.15, 0.2) is 0 Å². The van der Waals surface area contributed by atoms with E-state index in [4.69, 9.17) is 5.73 Å². The fourth-order valence-corrected chi connectivity index (χ4v) is 1.87. The van der Waals surface area contributed by atoms with Crippen molar-refractivity contribution in [3.63, 3.8) is 0 Å². The summed E-state index contributed by atoms with van der Waals surface area (Å²) in [5.41, 5.74) is 7.40. The van der Waals surface area contributed by atoms with Crippen LogP contribution in [0.5, 0.6) is 0 Å². The van der Waals surface area contributed by atoms with Crippen LogP contribution >= 0.6 is 0 Å². The predicted molar refractivity (Wildman–Crippen MR) is 73.8 cm³/mol. The fourth-order valence-electron chi connectivity index (χ4n) is 1.87. The van der Waals surface area contributed by atoms with E-state index in [0.29, 0.717) is 13.0 Å². The molecule has 2 aromatic rings. The zero-order valence-electron chi connectivity index (χ0n) is 10.9. The molecule has 0 saturated heterocycles. The van der Waals surface area contributed by atoms with Gasteiger partial charge in [0.05, 0.1) is 11.7 Å². The third-order valence-electron chi connectivity index (χ3n) is 2.91. The minimum Gasteiger partial charge on any atom is -0.350 e. The normalized spacial score (nSPS) is 12.1. The van der Waals surface area contributed by atoms with Crippen molar-refractivity contribution in [1.82, 2.24) is 15.1 Å². The summed E-state index contributed by atoms with van der Waals surface area (Å²) < 4.78 is 1.79. The molecule has 0 aliphatic heterocycles. The third-order valence-corrected chi connectivity index (χ3v) is 2.91. The lowest BCUT2D eigenvalue weighted by atomic mass is 10.1. The monoisotopic (exact) mass is 258 g/mol. The SMILES string of the molecule is CC(NC(=O)CCN)c1ccc(-n2cccn2)cc1. The summed E-state index contributed by atoms with van der Waals surface area (Å²) in [6.45, 7) is 2.33. The fraction of sp³-hybridized carbons (Fsp3) is 0.286. The van der Waals surface area contributed by atoms with Gasteiger partial charge in [0.2, 0.25) is 5.91 Å². The summed E-state index contributed by atoms with van der Waals surface area (Å²) in [5, 5.41) is 7.08. The van der Waals surface area contributed by atoms with Crippen molar-refractivity contribution in [3.8, 4) is 5.69 Å². The van der Waals surface area contributed by atoms with Gasteiger partial charge in [0.1, 0.15) is 0 Å². The predicted octanol–water partition coefficient (Wildman–Crippen LogP) is 1.40. The third kappa shape index (κ3) is 3.42. The van der Waals surface area contributed by atoms with Gasteiger partial charge in [-0.2, -0.15) is 5.10 Å². The molecule has 0 aliphatic rings. The topological polar surface area (TPSA) is 72.9 Å². The number of nitrogens with one attached hydrogen (secondary N) is 1. The van der Waals surface area contributed by atoms with Crippen LogP contribution < -0.4 is 11.1 Å². The summed E-state index contributed by atoms with van der Waals surface area (Å²) in [6.07, 6.45) is 3.99. The van der Waals surface area contributed by atoms with Crippen LogP contribution in [0.25, 0.3) is 5.69 Å². The molecule has 0 radical (unpaired) electrons. The van der Waals surface area contributed by atoms with E-state index in [1.54, 1.807) is 10.9 Å². The molecule has 1 aromatic carbocycles. The van der Waals surface area contributed by atoms with Gasteiger partial charge in [-0.15, -0.1) is 0 Å². The first kappa shape index (κ1) is 13.3. The first-order chi connectivity index (χ1) is 9.20. The van der Waals surface area contributed by atoms with Crippen LogP contribution in [0.4, 0.5) is 0 Å². The Kier molecular flexibility index (Phi) is 4.30. The van der Waals surface area contributed by atoms with Crippen LogP contribution in [0.1, 0.15) is 24.9 Å². The van der Waals surface area contributed by atoms with Crippen LogP contribution in [-0.2, 0) is 4.79 Å². The van der Waals surface area contributed by atoms with Gasteiger partial charge in [-0.05, 0) is 30.7 Å². The van der Waals surface area contributed by atoms with Crippen molar-refractivity contribution in [2.24, 2.45) is 5.73 Å². The van der Waals surface area contributed by atoms with Crippen LogP contribution in [0.15, 0.2) is 42.7 Å². The minimum atomic E-state index is -0.0225. The number of hydrogen-bond donors (Lipinski definition) is 2. The van der Waals surface area contributed by atoms with Gasteiger partial charge < -0.3 is 11.1 Å². The standard InChI is InChI=1S/C14H18N4O/c1-11(17-14(19)7-8-15)12-3-5-13(6-4-12)18-10-2-9-16-18/h2-6,9-11H,7-8,15H2,1H3,(H,17,19). The van der Waals surface area contributed by atoms with E-state index in [1.165, 1.54) is 0 Å². The number of nitrogens with zero attached hydrogens (tertiary/aromatic N) is 2. The van der Waals surface area contributed by atoms with Gasteiger partial charge in [-0.25, -0.2) is 4.68 Å². The quantitative estimate of drug-likeness (QED) is 0.851. The van der Waals surface area contributed by atoms with Crippen molar-refractivity contribution in [1.29, 1.82) is 0 Å². The zero-order valence-corrected chi connectivity index (χ0v) is 10.9. The van der Waals surface area contributed by atoms with E-state index in [9.17, 15) is 4.79 Å². The number of aromatic nitrogens is 2. The maximum atomic E-state index is 11.5. The minimum absolute atomic E-state index is 0.0221. The number of benzene rings is 1. The van der Waals surface area contributed by atoms with E-state index in [-0.39, 0.29) is 11.9 Å². The van der Waals surface area contributed by atoms with E-state index in [1.807, 2.05) is 43.5 Å². The highest BCUT2D eigenvalue weighted by atomic mass is 16.1. The Balaban J connectivity index is 2.04. The van der Waals surface area contributed by atoms with E-state index < -0.39 is 0 Å². The van der Waals surface area contributed by atoms with Gasteiger partial charge in [0, 0.05) is 25.4 Å². The molecule has 0 fully saturated rings. The second kappa shape index (κ2) is 6.15. The molecule has 2 rings (SSSR count). The molecule has 1 aromatic heterocycles. The van der Waals surface area contributed by atoms with E-state index >= 15 is 0 Å². The van der Waals surface area contributed by atoms with Crippen LogP contribution in [-0.4, -0.2) is 22.2 Å². The van der Waals surface area contributed by atoms with Crippen LogP contribution in [0.3, 0.4) is 0 Å². The number of carbonyl (C=O) groups is 1. The Labute approximate surface area is 112 Å². The number of carbonyl (C=O) groups excluding carboxylic acids is 1. The molecule has 1 amide bonds. The first-order valence-electron chi connectivity index (χ1n) is 6.30. The van der Waals surface area contributed by atoms with E-state index in [0.717, 1.165) is 11.3 Å². The Morgan fingerprint density at radius 3 is 2.74 bits per heavy atom. The summed E-state index contributed by atoms with van der Waals surface area (Å²) in [7, 11) is 0.